The lowest BCUT2D eigenvalue weighted by Gasteiger charge is -2.35. The van der Waals surface area contributed by atoms with Gasteiger partial charge in [-0.25, -0.2) is 0 Å². The SMILES string of the molecule is CN=C(NCC1(NC(C)c2ccccc2)CCCC1)NC1CCN(C(=O)C2CCCC2)C1. The summed E-state index contributed by atoms with van der Waals surface area (Å²) < 4.78 is 0. The van der Waals surface area contributed by atoms with E-state index in [0.29, 0.717) is 11.9 Å². The van der Waals surface area contributed by atoms with Crippen LogP contribution in [0.5, 0.6) is 0 Å². The molecular formula is C26H41N5O. The monoisotopic (exact) mass is 439 g/mol. The van der Waals surface area contributed by atoms with Gasteiger partial charge in [-0.15, -0.1) is 0 Å². The molecule has 176 valence electrons. The average Bonchev–Trinajstić information content (AvgIpc) is 3.59. The van der Waals surface area contributed by atoms with Crippen molar-refractivity contribution in [3.63, 3.8) is 0 Å². The molecule has 0 radical (unpaired) electrons. The molecule has 1 aromatic carbocycles. The van der Waals surface area contributed by atoms with E-state index in [0.717, 1.165) is 44.9 Å². The quantitative estimate of drug-likeness (QED) is 0.448. The highest BCUT2D eigenvalue weighted by molar-refractivity contribution is 5.81. The van der Waals surface area contributed by atoms with E-state index >= 15 is 0 Å². The topological polar surface area (TPSA) is 68.8 Å². The summed E-state index contributed by atoms with van der Waals surface area (Å²) in [4.78, 5) is 19.3. The zero-order valence-electron chi connectivity index (χ0n) is 19.9. The molecule has 1 aromatic rings. The zero-order chi connectivity index (χ0) is 22.4. The summed E-state index contributed by atoms with van der Waals surface area (Å²) in [7, 11) is 1.84. The van der Waals surface area contributed by atoms with Crippen molar-refractivity contribution in [1.82, 2.24) is 20.9 Å². The van der Waals surface area contributed by atoms with Crippen LogP contribution in [0, 0.1) is 5.92 Å². The first kappa shape index (κ1) is 23.1. The molecule has 2 aliphatic carbocycles. The summed E-state index contributed by atoms with van der Waals surface area (Å²) in [6.45, 7) is 4.78. The minimum atomic E-state index is 0.0903. The van der Waals surface area contributed by atoms with Crippen molar-refractivity contribution in [1.29, 1.82) is 0 Å². The molecule has 3 N–H and O–H groups in total. The molecule has 1 heterocycles. The van der Waals surface area contributed by atoms with Crippen LogP contribution >= 0.6 is 0 Å². The second kappa shape index (κ2) is 10.7. The third-order valence-corrected chi connectivity index (χ3v) is 7.75. The second-order valence-corrected chi connectivity index (χ2v) is 10.1. The van der Waals surface area contributed by atoms with Gasteiger partial charge in [0.15, 0.2) is 5.96 Å². The Bertz CT molecular complexity index is 768. The third-order valence-electron chi connectivity index (χ3n) is 7.75. The molecule has 2 saturated carbocycles. The number of carbonyl (C=O) groups excluding carboxylic acids is 1. The summed E-state index contributed by atoms with van der Waals surface area (Å²) >= 11 is 0. The van der Waals surface area contributed by atoms with Crippen LogP contribution in [0.15, 0.2) is 35.3 Å². The first-order valence-electron chi connectivity index (χ1n) is 12.7. The van der Waals surface area contributed by atoms with Gasteiger partial charge in [0.1, 0.15) is 0 Å². The van der Waals surface area contributed by atoms with E-state index in [9.17, 15) is 4.79 Å². The maximum absolute atomic E-state index is 12.8. The number of carbonyl (C=O) groups is 1. The first-order valence-corrected chi connectivity index (χ1v) is 12.7. The first-order chi connectivity index (χ1) is 15.6. The van der Waals surface area contributed by atoms with Crippen LogP contribution in [0.25, 0.3) is 0 Å². The fraction of sp³-hybridized carbons (Fsp3) is 0.692. The highest BCUT2D eigenvalue weighted by atomic mass is 16.2. The van der Waals surface area contributed by atoms with E-state index in [-0.39, 0.29) is 17.5 Å². The Hall–Kier alpha value is -2.08. The van der Waals surface area contributed by atoms with E-state index in [1.54, 1.807) is 0 Å². The number of hydrogen-bond acceptors (Lipinski definition) is 3. The van der Waals surface area contributed by atoms with Gasteiger partial charge in [-0.2, -0.15) is 0 Å². The van der Waals surface area contributed by atoms with Crippen LogP contribution in [0.4, 0.5) is 0 Å². The van der Waals surface area contributed by atoms with Gasteiger partial charge in [0.05, 0.1) is 0 Å². The third kappa shape index (κ3) is 5.64. The molecule has 0 spiro atoms. The van der Waals surface area contributed by atoms with Crippen LogP contribution in [-0.4, -0.2) is 55.0 Å². The lowest BCUT2D eigenvalue weighted by atomic mass is 9.94. The van der Waals surface area contributed by atoms with Gasteiger partial charge in [0.25, 0.3) is 0 Å². The normalized spacial score (nSPS) is 24.6. The number of aliphatic imine (C=N–C) groups is 1. The van der Waals surface area contributed by atoms with Crippen molar-refractivity contribution in [3.05, 3.63) is 35.9 Å². The highest BCUT2D eigenvalue weighted by Crippen LogP contribution is 2.32. The van der Waals surface area contributed by atoms with Gasteiger partial charge < -0.3 is 20.9 Å². The lowest BCUT2D eigenvalue weighted by Crippen LogP contribution is -2.55. The largest absolute Gasteiger partial charge is 0.355 e. The molecule has 1 aliphatic heterocycles. The number of benzene rings is 1. The predicted octanol–water partition coefficient (Wildman–Crippen LogP) is 3.61. The van der Waals surface area contributed by atoms with E-state index < -0.39 is 0 Å². The maximum atomic E-state index is 12.8. The Morgan fingerprint density at radius 3 is 2.53 bits per heavy atom. The van der Waals surface area contributed by atoms with Crippen molar-refractivity contribution >= 4 is 11.9 Å². The molecule has 6 nitrogen and oxygen atoms in total. The summed E-state index contributed by atoms with van der Waals surface area (Å²) in [5.41, 5.74) is 1.42. The van der Waals surface area contributed by atoms with Gasteiger partial charge in [-0.3, -0.25) is 9.79 Å². The highest BCUT2D eigenvalue weighted by Gasteiger charge is 2.36. The lowest BCUT2D eigenvalue weighted by molar-refractivity contribution is -0.134. The number of nitrogens with zero attached hydrogens (tertiary/aromatic N) is 2. The van der Waals surface area contributed by atoms with Crippen LogP contribution in [0.3, 0.4) is 0 Å². The zero-order valence-corrected chi connectivity index (χ0v) is 19.9. The Morgan fingerprint density at radius 1 is 1.12 bits per heavy atom. The van der Waals surface area contributed by atoms with Gasteiger partial charge in [0.2, 0.25) is 5.91 Å². The molecule has 2 unspecified atom stereocenters. The molecule has 1 saturated heterocycles. The van der Waals surface area contributed by atoms with Crippen LogP contribution in [0.2, 0.25) is 0 Å². The van der Waals surface area contributed by atoms with Gasteiger partial charge in [-0.05, 0) is 44.6 Å². The molecule has 0 bridgehead atoms. The molecule has 3 fully saturated rings. The molecule has 4 rings (SSSR count). The smallest absolute Gasteiger partial charge is 0.225 e. The molecule has 1 amide bonds. The Morgan fingerprint density at radius 2 is 1.84 bits per heavy atom. The van der Waals surface area contributed by atoms with Crippen molar-refractivity contribution in [2.45, 2.75) is 82.3 Å². The number of guanidine groups is 1. The average molecular weight is 440 g/mol. The fourth-order valence-electron chi connectivity index (χ4n) is 5.86. The summed E-state index contributed by atoms with van der Waals surface area (Å²) in [6.07, 6.45) is 10.5. The predicted molar refractivity (Wildman–Crippen MR) is 131 cm³/mol. The Kier molecular flexibility index (Phi) is 7.71. The van der Waals surface area contributed by atoms with E-state index in [2.05, 4.69) is 63.1 Å². The van der Waals surface area contributed by atoms with Crippen molar-refractivity contribution < 1.29 is 4.79 Å². The Balaban J connectivity index is 1.28. The molecule has 0 aromatic heterocycles. The fourth-order valence-corrected chi connectivity index (χ4v) is 5.86. The number of nitrogens with one attached hydrogen (secondary N) is 3. The number of amides is 1. The maximum Gasteiger partial charge on any atom is 0.225 e. The van der Waals surface area contributed by atoms with Gasteiger partial charge in [0, 0.05) is 50.2 Å². The number of rotatable bonds is 7. The van der Waals surface area contributed by atoms with Crippen LogP contribution in [0.1, 0.15) is 76.3 Å². The molecule has 32 heavy (non-hydrogen) atoms. The van der Waals surface area contributed by atoms with E-state index in [1.807, 2.05) is 7.05 Å². The van der Waals surface area contributed by atoms with Gasteiger partial charge in [-0.1, -0.05) is 56.0 Å². The van der Waals surface area contributed by atoms with E-state index in [4.69, 9.17) is 0 Å². The summed E-state index contributed by atoms with van der Waals surface area (Å²) in [5.74, 6) is 1.50. The molecule has 2 atom stereocenters. The molecule has 3 aliphatic rings. The summed E-state index contributed by atoms with van der Waals surface area (Å²) in [5, 5.41) is 11.1. The number of likely N-dealkylation sites (tertiary alicyclic amines) is 1. The van der Waals surface area contributed by atoms with Crippen LogP contribution < -0.4 is 16.0 Å². The van der Waals surface area contributed by atoms with Crippen molar-refractivity contribution in [3.8, 4) is 0 Å². The standard InChI is InChI=1S/C26H41N5O/c1-20(21-10-4-3-5-11-21)30-26(15-8-9-16-26)19-28-25(27-2)29-23-14-17-31(18-23)24(32)22-12-6-7-13-22/h3-5,10-11,20,22-23,30H,6-9,12-19H2,1-2H3,(H2,27,28,29). The van der Waals surface area contributed by atoms with Crippen molar-refractivity contribution in [2.24, 2.45) is 10.9 Å². The Labute approximate surface area is 193 Å². The molecular weight excluding hydrogens is 398 g/mol. The van der Waals surface area contributed by atoms with E-state index in [1.165, 1.54) is 44.1 Å². The molecule has 6 heteroatoms. The summed E-state index contributed by atoms with van der Waals surface area (Å²) in [6, 6.07) is 11.3. The van der Waals surface area contributed by atoms with Crippen LogP contribution in [-0.2, 0) is 4.79 Å². The minimum absolute atomic E-state index is 0.0903. The second-order valence-electron chi connectivity index (χ2n) is 10.1. The number of hydrogen-bond donors (Lipinski definition) is 3. The van der Waals surface area contributed by atoms with Gasteiger partial charge >= 0.3 is 0 Å². The van der Waals surface area contributed by atoms with Crippen molar-refractivity contribution in [2.75, 3.05) is 26.7 Å². The minimum Gasteiger partial charge on any atom is -0.355 e.